The van der Waals surface area contributed by atoms with Crippen molar-refractivity contribution in [3.8, 4) is 11.5 Å². The molecule has 0 spiro atoms. The van der Waals surface area contributed by atoms with Gasteiger partial charge in [0.15, 0.2) is 11.6 Å². The number of anilines is 3. The summed E-state index contributed by atoms with van der Waals surface area (Å²) >= 11 is 0. The lowest BCUT2D eigenvalue weighted by Gasteiger charge is -2.46. The maximum atomic E-state index is 15.9. The van der Waals surface area contributed by atoms with Gasteiger partial charge in [0, 0.05) is 11.6 Å². The number of benzene rings is 2. The van der Waals surface area contributed by atoms with Gasteiger partial charge in [-0.25, -0.2) is 14.1 Å². The lowest BCUT2D eigenvalue weighted by molar-refractivity contribution is 0.0176. The van der Waals surface area contributed by atoms with Gasteiger partial charge in [0.1, 0.15) is 23.6 Å². The SMILES string of the molecule is O=c1c2ccc(Nc3ncc(-c4nc(C56CCN(CC5)CC6)no4)c(N[C@H](CO)c4ccccc4)n3)c(F)c2n2n1CCOC2. The van der Waals surface area contributed by atoms with Gasteiger partial charge in [-0.1, -0.05) is 35.5 Å². The van der Waals surface area contributed by atoms with E-state index in [1.165, 1.54) is 15.4 Å². The van der Waals surface area contributed by atoms with Gasteiger partial charge in [-0.3, -0.25) is 9.48 Å². The zero-order valence-electron chi connectivity index (χ0n) is 24.4. The van der Waals surface area contributed by atoms with Crippen molar-refractivity contribution in [2.45, 2.75) is 44.0 Å². The maximum Gasteiger partial charge on any atom is 0.274 e. The fraction of sp³-hybridized carbons (Fsp3) is 0.387. The number of hydrogen-bond acceptors (Lipinski definition) is 11. The molecule has 232 valence electrons. The quantitative estimate of drug-likeness (QED) is 0.237. The zero-order chi connectivity index (χ0) is 30.5. The second kappa shape index (κ2) is 11.1. The molecule has 45 heavy (non-hydrogen) atoms. The summed E-state index contributed by atoms with van der Waals surface area (Å²) in [5.41, 5.74) is 1.18. The van der Waals surface area contributed by atoms with Gasteiger partial charge in [-0.2, -0.15) is 9.97 Å². The molecular formula is C31H32FN9O4. The van der Waals surface area contributed by atoms with Crippen LogP contribution in [0, 0.1) is 5.82 Å². The Morgan fingerprint density at radius 3 is 2.60 bits per heavy atom. The van der Waals surface area contributed by atoms with E-state index in [2.05, 4.69) is 25.7 Å². The molecule has 3 saturated heterocycles. The molecule has 4 aliphatic heterocycles. The van der Waals surface area contributed by atoms with Crippen LogP contribution in [0.1, 0.15) is 36.7 Å². The van der Waals surface area contributed by atoms with Crippen LogP contribution in [-0.2, 0) is 23.4 Å². The third-order valence-corrected chi connectivity index (χ3v) is 9.37. The number of fused-ring (bicyclic) bond motifs is 6. The molecule has 14 heteroatoms. The summed E-state index contributed by atoms with van der Waals surface area (Å²) in [6.07, 6.45) is 4.49. The third kappa shape index (κ3) is 4.76. The van der Waals surface area contributed by atoms with Crippen molar-refractivity contribution in [1.29, 1.82) is 0 Å². The molecule has 3 N–H and O–H groups in total. The summed E-state index contributed by atoms with van der Waals surface area (Å²) in [5.74, 6) is 0.761. The summed E-state index contributed by atoms with van der Waals surface area (Å²) < 4.78 is 30.2. The summed E-state index contributed by atoms with van der Waals surface area (Å²) in [6, 6.07) is 12.1. The van der Waals surface area contributed by atoms with Crippen molar-refractivity contribution in [2.75, 3.05) is 43.5 Å². The van der Waals surface area contributed by atoms with Crippen molar-refractivity contribution in [3.05, 3.63) is 76.2 Å². The molecule has 9 rings (SSSR count). The van der Waals surface area contributed by atoms with Crippen LogP contribution in [0.25, 0.3) is 22.4 Å². The van der Waals surface area contributed by atoms with Crippen LogP contribution in [0.2, 0.25) is 0 Å². The minimum Gasteiger partial charge on any atom is -0.394 e. The predicted octanol–water partition coefficient (Wildman–Crippen LogP) is 3.40. The number of aliphatic hydroxyl groups excluding tert-OH is 1. The molecule has 2 aromatic carbocycles. The Labute approximate surface area is 256 Å². The predicted molar refractivity (Wildman–Crippen MR) is 163 cm³/mol. The third-order valence-electron chi connectivity index (χ3n) is 9.37. The monoisotopic (exact) mass is 613 g/mol. The highest BCUT2D eigenvalue weighted by Crippen LogP contribution is 2.42. The Morgan fingerprint density at radius 2 is 1.82 bits per heavy atom. The second-order valence-electron chi connectivity index (χ2n) is 11.9. The molecule has 0 aliphatic carbocycles. The van der Waals surface area contributed by atoms with Crippen LogP contribution < -0.4 is 16.2 Å². The lowest BCUT2D eigenvalue weighted by atomic mass is 9.71. The number of hydrogen-bond donors (Lipinski definition) is 3. The molecule has 7 heterocycles. The number of aromatic nitrogens is 6. The van der Waals surface area contributed by atoms with Crippen LogP contribution in [0.5, 0.6) is 0 Å². The van der Waals surface area contributed by atoms with Crippen molar-refractivity contribution in [1.82, 2.24) is 34.4 Å². The number of nitrogens with zero attached hydrogens (tertiary/aromatic N) is 7. The number of nitrogens with one attached hydrogen (secondary N) is 2. The van der Waals surface area contributed by atoms with E-state index in [9.17, 15) is 9.90 Å². The zero-order valence-corrected chi connectivity index (χ0v) is 24.4. The Hall–Kier alpha value is -4.66. The highest BCUT2D eigenvalue weighted by atomic mass is 19.1. The maximum absolute atomic E-state index is 15.9. The number of halogens is 1. The lowest BCUT2D eigenvalue weighted by Crippen LogP contribution is -2.51. The fourth-order valence-corrected chi connectivity index (χ4v) is 6.74. The first-order valence-electron chi connectivity index (χ1n) is 15.2. The van der Waals surface area contributed by atoms with Crippen molar-refractivity contribution in [3.63, 3.8) is 0 Å². The molecule has 0 unspecified atom stereocenters. The van der Waals surface area contributed by atoms with Gasteiger partial charge < -0.3 is 29.9 Å². The normalized spacial score (nSPS) is 21.5. The topological polar surface area (TPSA) is 148 Å². The number of piperidine rings is 3. The Bertz CT molecular complexity index is 1920. The Kier molecular flexibility index (Phi) is 6.84. The second-order valence-corrected chi connectivity index (χ2v) is 11.9. The average Bonchev–Trinajstić information content (AvgIpc) is 3.71. The van der Waals surface area contributed by atoms with Gasteiger partial charge in [0.2, 0.25) is 5.95 Å². The van der Waals surface area contributed by atoms with Crippen molar-refractivity contribution in [2.24, 2.45) is 0 Å². The largest absolute Gasteiger partial charge is 0.394 e. The first-order chi connectivity index (χ1) is 22.0. The Balaban J connectivity index is 1.17. The van der Waals surface area contributed by atoms with Crippen LogP contribution >= 0.6 is 0 Å². The summed E-state index contributed by atoms with van der Waals surface area (Å²) in [4.78, 5) is 29.3. The van der Waals surface area contributed by atoms with Crippen LogP contribution in [0.3, 0.4) is 0 Å². The molecule has 5 aromatic rings. The van der Waals surface area contributed by atoms with Crippen molar-refractivity contribution >= 4 is 28.4 Å². The van der Waals surface area contributed by atoms with E-state index in [0.29, 0.717) is 30.4 Å². The van der Waals surface area contributed by atoms with Gasteiger partial charge >= 0.3 is 0 Å². The summed E-state index contributed by atoms with van der Waals surface area (Å²) in [5, 5.41) is 21.3. The van der Waals surface area contributed by atoms with E-state index < -0.39 is 11.9 Å². The summed E-state index contributed by atoms with van der Waals surface area (Å²) in [7, 11) is 0. The van der Waals surface area contributed by atoms with Gasteiger partial charge in [-0.05, 0) is 56.6 Å². The van der Waals surface area contributed by atoms with E-state index in [-0.39, 0.29) is 52.7 Å². The van der Waals surface area contributed by atoms with E-state index in [0.717, 1.165) is 44.5 Å². The molecule has 3 fully saturated rings. The first kappa shape index (κ1) is 27.9. The summed E-state index contributed by atoms with van der Waals surface area (Å²) in [6.45, 7) is 3.65. The van der Waals surface area contributed by atoms with Gasteiger partial charge in [0.25, 0.3) is 11.4 Å². The minimum atomic E-state index is -0.618. The smallest absolute Gasteiger partial charge is 0.274 e. The standard InChI is InChI=1S/C31H32FN9O4/c32-24-22(7-6-20-25(24)41-18-44-15-14-40(41)28(20)43)35-30-33-16-21(26(36-30)34-23(17-42)19-4-2-1-3-5-19)27-37-29(38-45-27)31-8-11-39(12-9-31)13-10-31/h1-7,16,23,42H,8-15,17-18H2,(H2,33,34,35,36)/t23-/m1/s1. The Morgan fingerprint density at radius 1 is 1.02 bits per heavy atom. The van der Waals surface area contributed by atoms with Crippen LogP contribution in [0.4, 0.5) is 21.8 Å². The molecule has 1 atom stereocenters. The van der Waals surface area contributed by atoms with Gasteiger partial charge in [0.05, 0.1) is 36.9 Å². The van der Waals surface area contributed by atoms with E-state index in [1.54, 1.807) is 12.3 Å². The molecule has 2 bridgehead atoms. The van der Waals surface area contributed by atoms with E-state index in [4.69, 9.17) is 19.2 Å². The van der Waals surface area contributed by atoms with Crippen LogP contribution in [-0.4, -0.2) is 72.3 Å². The molecule has 13 nitrogen and oxygen atoms in total. The molecule has 0 saturated carbocycles. The van der Waals surface area contributed by atoms with Gasteiger partial charge in [-0.15, -0.1) is 0 Å². The molecule has 3 aromatic heterocycles. The van der Waals surface area contributed by atoms with E-state index >= 15 is 4.39 Å². The highest BCUT2D eigenvalue weighted by Gasteiger charge is 2.44. The van der Waals surface area contributed by atoms with Crippen molar-refractivity contribution < 1.29 is 18.8 Å². The minimum absolute atomic E-state index is 0.0755. The number of ether oxygens (including phenoxy) is 1. The average molecular weight is 614 g/mol. The molecule has 4 aliphatic rings. The molecule has 0 radical (unpaired) electrons. The number of rotatable bonds is 8. The number of aliphatic hydroxyl groups is 1. The molecular weight excluding hydrogens is 581 g/mol. The highest BCUT2D eigenvalue weighted by molar-refractivity contribution is 5.84. The fourth-order valence-electron chi connectivity index (χ4n) is 6.74. The van der Waals surface area contributed by atoms with Crippen LogP contribution in [0.15, 0.2) is 58.0 Å². The first-order valence-corrected chi connectivity index (χ1v) is 15.2. The van der Waals surface area contributed by atoms with E-state index in [1.807, 2.05) is 30.3 Å². The molecule has 0 amide bonds.